The highest BCUT2D eigenvalue weighted by molar-refractivity contribution is 5.76. The largest absolute Gasteiger partial charge is 0.339 e. The molecule has 5 nitrogen and oxygen atoms in total. The van der Waals surface area contributed by atoms with Crippen molar-refractivity contribution in [1.82, 2.24) is 10.1 Å². The minimum Gasteiger partial charge on any atom is -0.339 e. The van der Waals surface area contributed by atoms with E-state index >= 15 is 0 Å². The van der Waals surface area contributed by atoms with Crippen LogP contribution in [0.2, 0.25) is 0 Å². The summed E-state index contributed by atoms with van der Waals surface area (Å²) in [7, 11) is 0. The summed E-state index contributed by atoms with van der Waals surface area (Å²) in [6, 6.07) is 5.70. The Morgan fingerprint density at radius 3 is 3.00 bits per heavy atom. The van der Waals surface area contributed by atoms with Crippen LogP contribution < -0.4 is 5.32 Å². The van der Waals surface area contributed by atoms with Crippen molar-refractivity contribution < 1.29 is 9.32 Å². The zero-order valence-corrected chi connectivity index (χ0v) is 10.0. The maximum atomic E-state index is 10.5. The Kier molecular flexibility index (Phi) is 2.59. The predicted molar refractivity (Wildman–Crippen MR) is 66.1 cm³/mol. The zero-order valence-electron chi connectivity index (χ0n) is 10.0. The van der Waals surface area contributed by atoms with E-state index in [1.165, 1.54) is 0 Å². The standard InChI is InChI=1S/C13H13N3O2/c1-8-2-3-10(6-11(8)14-7-17)12-15-13(18-16-12)9-4-5-9/h2-3,6-7,9H,4-5H2,1H3,(H,14,17). The number of nitrogens with zero attached hydrogens (tertiary/aromatic N) is 2. The molecule has 1 fully saturated rings. The van der Waals surface area contributed by atoms with Gasteiger partial charge in [0.1, 0.15) is 0 Å². The van der Waals surface area contributed by atoms with Gasteiger partial charge >= 0.3 is 0 Å². The van der Waals surface area contributed by atoms with E-state index in [9.17, 15) is 4.79 Å². The van der Waals surface area contributed by atoms with Crippen LogP contribution in [0.15, 0.2) is 22.7 Å². The molecule has 0 unspecified atom stereocenters. The maximum Gasteiger partial charge on any atom is 0.230 e. The summed E-state index contributed by atoms with van der Waals surface area (Å²) < 4.78 is 5.22. The summed E-state index contributed by atoms with van der Waals surface area (Å²) in [6.07, 6.45) is 2.93. The molecule has 18 heavy (non-hydrogen) atoms. The van der Waals surface area contributed by atoms with Crippen LogP contribution in [-0.4, -0.2) is 16.6 Å². The molecule has 1 saturated carbocycles. The second kappa shape index (κ2) is 4.25. The van der Waals surface area contributed by atoms with E-state index in [0.717, 1.165) is 35.5 Å². The monoisotopic (exact) mass is 243 g/mol. The van der Waals surface area contributed by atoms with Gasteiger partial charge in [-0.1, -0.05) is 17.3 Å². The number of aryl methyl sites for hydroxylation is 1. The first-order valence-corrected chi connectivity index (χ1v) is 5.93. The molecule has 92 valence electrons. The Labute approximate surface area is 104 Å². The van der Waals surface area contributed by atoms with E-state index in [1.54, 1.807) is 0 Å². The van der Waals surface area contributed by atoms with Crippen LogP contribution in [0.3, 0.4) is 0 Å². The summed E-state index contributed by atoms with van der Waals surface area (Å²) in [5.74, 6) is 1.74. The lowest BCUT2D eigenvalue weighted by atomic mass is 10.1. The number of nitrogens with one attached hydrogen (secondary N) is 1. The third-order valence-corrected chi connectivity index (χ3v) is 3.08. The Morgan fingerprint density at radius 1 is 1.44 bits per heavy atom. The van der Waals surface area contributed by atoms with Crippen molar-refractivity contribution in [3.8, 4) is 11.4 Å². The van der Waals surface area contributed by atoms with Gasteiger partial charge in [0.25, 0.3) is 0 Å². The number of carbonyl (C=O) groups excluding carboxylic acids is 1. The quantitative estimate of drug-likeness (QED) is 0.838. The molecule has 1 aliphatic rings. The van der Waals surface area contributed by atoms with Gasteiger partial charge in [0.15, 0.2) is 0 Å². The van der Waals surface area contributed by atoms with Gasteiger partial charge < -0.3 is 9.84 Å². The number of aromatic nitrogens is 2. The highest BCUT2D eigenvalue weighted by Gasteiger charge is 2.29. The summed E-state index contributed by atoms with van der Waals surface area (Å²) in [6.45, 7) is 1.93. The maximum absolute atomic E-state index is 10.5. The third kappa shape index (κ3) is 1.99. The number of amides is 1. The number of benzene rings is 1. The molecule has 2 aromatic rings. The van der Waals surface area contributed by atoms with Crippen molar-refractivity contribution >= 4 is 12.1 Å². The predicted octanol–water partition coefficient (Wildman–Crippen LogP) is 2.49. The molecular formula is C13H13N3O2. The normalized spacial score (nSPS) is 14.5. The van der Waals surface area contributed by atoms with Crippen LogP contribution in [0.4, 0.5) is 5.69 Å². The summed E-state index contributed by atoms with van der Waals surface area (Å²) in [5.41, 5.74) is 2.61. The summed E-state index contributed by atoms with van der Waals surface area (Å²) in [4.78, 5) is 14.9. The molecule has 0 saturated heterocycles. The van der Waals surface area contributed by atoms with Gasteiger partial charge in [-0.05, 0) is 31.4 Å². The minimum atomic E-state index is 0.448. The topological polar surface area (TPSA) is 68.0 Å². The van der Waals surface area contributed by atoms with Gasteiger partial charge in [0.05, 0.1) is 0 Å². The fourth-order valence-corrected chi connectivity index (χ4v) is 1.83. The molecule has 3 rings (SSSR count). The number of anilines is 1. The van der Waals surface area contributed by atoms with Crippen molar-refractivity contribution in [3.63, 3.8) is 0 Å². The molecule has 5 heteroatoms. The van der Waals surface area contributed by atoms with Gasteiger partial charge in [-0.3, -0.25) is 4.79 Å². The van der Waals surface area contributed by atoms with E-state index in [1.807, 2.05) is 25.1 Å². The van der Waals surface area contributed by atoms with Crippen LogP contribution in [0.25, 0.3) is 11.4 Å². The average molecular weight is 243 g/mol. The van der Waals surface area contributed by atoms with E-state index in [0.29, 0.717) is 18.2 Å². The molecule has 1 aliphatic carbocycles. The van der Waals surface area contributed by atoms with Gasteiger partial charge in [-0.25, -0.2) is 0 Å². The minimum absolute atomic E-state index is 0.448. The van der Waals surface area contributed by atoms with Gasteiger partial charge in [-0.15, -0.1) is 0 Å². The number of hydrogen-bond donors (Lipinski definition) is 1. The Hall–Kier alpha value is -2.17. The smallest absolute Gasteiger partial charge is 0.230 e. The number of carbonyl (C=O) groups is 1. The van der Waals surface area contributed by atoms with Gasteiger partial charge in [0, 0.05) is 17.2 Å². The SMILES string of the molecule is Cc1ccc(-c2noc(C3CC3)n2)cc1NC=O. The first-order valence-electron chi connectivity index (χ1n) is 5.93. The highest BCUT2D eigenvalue weighted by atomic mass is 16.5. The van der Waals surface area contributed by atoms with Crippen molar-refractivity contribution in [2.75, 3.05) is 5.32 Å². The third-order valence-electron chi connectivity index (χ3n) is 3.08. The molecule has 0 aliphatic heterocycles. The van der Waals surface area contributed by atoms with Crippen LogP contribution in [0, 0.1) is 6.92 Å². The van der Waals surface area contributed by atoms with E-state index in [2.05, 4.69) is 15.5 Å². The molecule has 1 heterocycles. The van der Waals surface area contributed by atoms with Gasteiger partial charge in [0.2, 0.25) is 18.1 Å². The number of hydrogen-bond acceptors (Lipinski definition) is 4. The fourth-order valence-electron chi connectivity index (χ4n) is 1.83. The molecule has 0 atom stereocenters. The zero-order chi connectivity index (χ0) is 12.5. The van der Waals surface area contributed by atoms with E-state index < -0.39 is 0 Å². The lowest BCUT2D eigenvalue weighted by Gasteiger charge is -2.04. The molecule has 0 radical (unpaired) electrons. The van der Waals surface area contributed by atoms with Gasteiger partial charge in [-0.2, -0.15) is 4.98 Å². The second-order valence-corrected chi connectivity index (χ2v) is 4.52. The summed E-state index contributed by atoms with van der Waals surface area (Å²) >= 11 is 0. The molecule has 0 spiro atoms. The van der Waals surface area contributed by atoms with E-state index in [-0.39, 0.29) is 0 Å². The average Bonchev–Trinajstić information content (AvgIpc) is 3.11. The van der Waals surface area contributed by atoms with Crippen LogP contribution in [-0.2, 0) is 4.79 Å². The Bertz CT molecular complexity index is 588. The van der Waals surface area contributed by atoms with Crippen molar-refractivity contribution in [1.29, 1.82) is 0 Å². The molecular weight excluding hydrogens is 230 g/mol. The molecule has 1 N–H and O–H groups in total. The second-order valence-electron chi connectivity index (χ2n) is 4.52. The number of rotatable bonds is 4. The Balaban J connectivity index is 1.94. The highest BCUT2D eigenvalue weighted by Crippen LogP contribution is 2.39. The molecule has 1 aromatic heterocycles. The lowest BCUT2D eigenvalue weighted by Crippen LogP contribution is -1.96. The lowest BCUT2D eigenvalue weighted by molar-refractivity contribution is -0.105. The van der Waals surface area contributed by atoms with E-state index in [4.69, 9.17) is 4.52 Å². The van der Waals surface area contributed by atoms with Crippen molar-refractivity contribution in [2.45, 2.75) is 25.7 Å². The van der Waals surface area contributed by atoms with Crippen molar-refractivity contribution in [2.24, 2.45) is 0 Å². The first-order chi connectivity index (χ1) is 8.78. The molecule has 0 bridgehead atoms. The molecule has 1 aromatic carbocycles. The first kappa shape index (κ1) is 11.0. The Morgan fingerprint density at radius 2 is 2.28 bits per heavy atom. The fraction of sp³-hybridized carbons (Fsp3) is 0.308. The summed E-state index contributed by atoms with van der Waals surface area (Å²) in [5, 5.41) is 6.64. The van der Waals surface area contributed by atoms with Crippen LogP contribution >= 0.6 is 0 Å². The van der Waals surface area contributed by atoms with Crippen molar-refractivity contribution in [3.05, 3.63) is 29.7 Å². The van der Waals surface area contributed by atoms with Crippen LogP contribution in [0.5, 0.6) is 0 Å². The van der Waals surface area contributed by atoms with Crippen LogP contribution in [0.1, 0.15) is 30.2 Å². The molecule has 1 amide bonds.